The third-order valence-electron chi connectivity index (χ3n) is 6.06. The van der Waals surface area contributed by atoms with Crippen LogP contribution in [-0.4, -0.2) is 15.8 Å². The van der Waals surface area contributed by atoms with Gasteiger partial charge in [0.1, 0.15) is 0 Å². The van der Waals surface area contributed by atoms with Gasteiger partial charge in [-0.15, -0.1) is 0 Å². The number of hydrogen-bond acceptors (Lipinski definition) is 3. The first-order chi connectivity index (χ1) is 13.2. The molecule has 5 nitrogen and oxygen atoms in total. The number of benzene rings is 2. The molecular formula is C22H22N2O3. The fourth-order valence-electron chi connectivity index (χ4n) is 4.73. The largest absolute Gasteiger partial charge is 0.417 e. The maximum atomic E-state index is 13.1. The van der Waals surface area contributed by atoms with Gasteiger partial charge < -0.3 is 9.32 Å². The number of nitrogens with zero attached hydrogens (tertiary/aromatic N) is 1. The molecule has 27 heavy (non-hydrogen) atoms. The monoisotopic (exact) mass is 362 g/mol. The number of rotatable bonds is 4. The molecule has 1 atom stereocenters. The number of amides is 1. The van der Waals surface area contributed by atoms with E-state index in [0.29, 0.717) is 23.6 Å². The molecule has 1 aliphatic carbocycles. The number of carbonyl (C=O) groups is 1. The molecular weight excluding hydrogens is 340 g/mol. The highest BCUT2D eigenvalue weighted by Crippen LogP contribution is 2.42. The molecule has 5 rings (SSSR count). The van der Waals surface area contributed by atoms with Crippen LogP contribution in [0.25, 0.3) is 11.1 Å². The molecule has 1 unspecified atom stereocenters. The molecule has 0 spiro atoms. The van der Waals surface area contributed by atoms with Gasteiger partial charge in [-0.2, -0.15) is 0 Å². The predicted octanol–water partition coefficient (Wildman–Crippen LogP) is 4.40. The molecule has 1 aliphatic heterocycles. The molecule has 138 valence electrons. The highest BCUT2D eigenvalue weighted by Gasteiger charge is 2.37. The summed E-state index contributed by atoms with van der Waals surface area (Å²) in [7, 11) is 0. The summed E-state index contributed by atoms with van der Waals surface area (Å²) in [5.74, 6) is 0.344. The molecule has 2 heterocycles. The maximum absolute atomic E-state index is 13.1. The van der Waals surface area contributed by atoms with Crippen molar-refractivity contribution < 1.29 is 9.21 Å². The van der Waals surface area contributed by atoms with Gasteiger partial charge in [0.25, 0.3) is 5.91 Å². The maximum Gasteiger partial charge on any atom is 0.417 e. The van der Waals surface area contributed by atoms with Crippen molar-refractivity contribution in [2.24, 2.45) is 5.92 Å². The molecule has 5 heteroatoms. The summed E-state index contributed by atoms with van der Waals surface area (Å²) >= 11 is 0. The van der Waals surface area contributed by atoms with Crippen LogP contribution in [0.2, 0.25) is 0 Å². The van der Waals surface area contributed by atoms with E-state index in [1.165, 1.54) is 25.7 Å². The summed E-state index contributed by atoms with van der Waals surface area (Å²) in [5, 5.41) is 0. The lowest BCUT2D eigenvalue weighted by molar-refractivity contribution is 0.0686. The Morgan fingerprint density at radius 1 is 1.07 bits per heavy atom. The summed E-state index contributed by atoms with van der Waals surface area (Å²) in [6.45, 7) is 0.524. The van der Waals surface area contributed by atoms with E-state index in [9.17, 15) is 9.59 Å². The second-order valence-electron chi connectivity index (χ2n) is 7.77. The zero-order chi connectivity index (χ0) is 18.4. The van der Waals surface area contributed by atoms with Crippen LogP contribution < -0.4 is 5.76 Å². The quantitative estimate of drug-likeness (QED) is 0.748. The van der Waals surface area contributed by atoms with E-state index < -0.39 is 5.76 Å². The average Bonchev–Trinajstić information content (AvgIpc) is 3.37. The van der Waals surface area contributed by atoms with E-state index in [1.807, 2.05) is 41.3 Å². The Morgan fingerprint density at radius 3 is 2.74 bits per heavy atom. The van der Waals surface area contributed by atoms with Crippen molar-refractivity contribution in [3.05, 3.63) is 69.7 Å². The lowest BCUT2D eigenvalue weighted by Crippen LogP contribution is -2.28. The Hall–Kier alpha value is -2.82. The Bertz CT molecular complexity index is 1060. The molecule has 1 N–H and O–H groups in total. The Kier molecular flexibility index (Phi) is 3.88. The minimum absolute atomic E-state index is 0.101. The molecule has 0 saturated heterocycles. The minimum Gasteiger partial charge on any atom is -0.408 e. The number of H-pyrrole nitrogens is 1. The number of aromatic amines is 1. The summed E-state index contributed by atoms with van der Waals surface area (Å²) in [4.78, 5) is 29.2. The number of aromatic nitrogens is 1. The van der Waals surface area contributed by atoms with Gasteiger partial charge in [-0.3, -0.25) is 9.78 Å². The van der Waals surface area contributed by atoms with E-state index in [2.05, 4.69) is 11.1 Å². The van der Waals surface area contributed by atoms with Crippen LogP contribution in [0.4, 0.5) is 0 Å². The molecule has 3 aromatic rings. The lowest BCUT2D eigenvalue weighted by atomic mass is 9.93. The van der Waals surface area contributed by atoms with Crippen molar-refractivity contribution in [1.29, 1.82) is 0 Å². The molecule has 1 aromatic heterocycles. The molecule has 2 aliphatic rings. The van der Waals surface area contributed by atoms with Crippen molar-refractivity contribution in [3.8, 4) is 0 Å². The summed E-state index contributed by atoms with van der Waals surface area (Å²) in [6.07, 6.45) is 6.17. The van der Waals surface area contributed by atoms with Crippen LogP contribution in [0.1, 0.15) is 59.6 Å². The van der Waals surface area contributed by atoms with Gasteiger partial charge in [-0.1, -0.05) is 49.9 Å². The summed E-state index contributed by atoms with van der Waals surface area (Å²) in [5.41, 5.74) is 4.18. The molecule has 0 radical (unpaired) electrons. The first-order valence-electron chi connectivity index (χ1n) is 9.71. The van der Waals surface area contributed by atoms with Crippen molar-refractivity contribution in [3.63, 3.8) is 0 Å². The van der Waals surface area contributed by atoms with E-state index in [0.717, 1.165) is 23.1 Å². The first-order valence-corrected chi connectivity index (χ1v) is 9.71. The van der Waals surface area contributed by atoms with Gasteiger partial charge >= 0.3 is 5.76 Å². The second kappa shape index (κ2) is 6.41. The number of oxazole rings is 1. The van der Waals surface area contributed by atoms with Crippen LogP contribution in [0.15, 0.2) is 51.7 Å². The Labute approximate surface area is 157 Å². The number of nitrogens with one attached hydrogen (secondary N) is 1. The van der Waals surface area contributed by atoms with Crippen molar-refractivity contribution in [1.82, 2.24) is 9.88 Å². The topological polar surface area (TPSA) is 66.3 Å². The number of carbonyl (C=O) groups excluding carboxylic acids is 1. The molecule has 1 fully saturated rings. The molecule has 2 aromatic carbocycles. The normalized spacial score (nSPS) is 19.9. The van der Waals surface area contributed by atoms with Crippen molar-refractivity contribution in [2.75, 3.05) is 0 Å². The molecule has 1 saturated carbocycles. The van der Waals surface area contributed by atoms with E-state index in [-0.39, 0.29) is 11.9 Å². The third kappa shape index (κ3) is 2.87. The van der Waals surface area contributed by atoms with E-state index in [1.54, 1.807) is 0 Å². The first kappa shape index (κ1) is 16.4. The smallest absolute Gasteiger partial charge is 0.408 e. The van der Waals surface area contributed by atoms with Gasteiger partial charge in [-0.25, -0.2) is 4.79 Å². The fourth-order valence-corrected chi connectivity index (χ4v) is 4.73. The van der Waals surface area contributed by atoms with Crippen LogP contribution in [0, 0.1) is 5.92 Å². The highest BCUT2D eigenvalue weighted by atomic mass is 16.4. The zero-order valence-electron chi connectivity index (χ0n) is 15.1. The zero-order valence-corrected chi connectivity index (χ0v) is 15.1. The lowest BCUT2D eigenvalue weighted by Gasteiger charge is -2.28. The highest BCUT2D eigenvalue weighted by molar-refractivity contribution is 5.99. The molecule has 1 amide bonds. The van der Waals surface area contributed by atoms with Gasteiger partial charge in [0, 0.05) is 12.1 Å². The summed E-state index contributed by atoms with van der Waals surface area (Å²) in [6, 6.07) is 13.8. The van der Waals surface area contributed by atoms with Gasteiger partial charge in [0.05, 0.1) is 11.6 Å². The predicted molar refractivity (Wildman–Crippen MR) is 102 cm³/mol. The standard InChI is InChI=1S/C22H22N2O3/c25-21-17-8-4-3-7-16(17)19(11-14-5-1-2-6-14)24(21)13-15-9-10-18-20(12-15)27-22(26)23-18/h3-4,7-10,12,14,19H,1-2,5-6,11,13H2,(H,23,26). The second-order valence-corrected chi connectivity index (χ2v) is 7.77. The van der Waals surface area contributed by atoms with Crippen LogP contribution in [-0.2, 0) is 6.54 Å². The molecule has 0 bridgehead atoms. The van der Waals surface area contributed by atoms with Crippen LogP contribution in [0.5, 0.6) is 0 Å². The average molecular weight is 362 g/mol. The number of fused-ring (bicyclic) bond motifs is 2. The number of hydrogen-bond donors (Lipinski definition) is 1. The summed E-state index contributed by atoms with van der Waals surface area (Å²) < 4.78 is 5.18. The van der Waals surface area contributed by atoms with Crippen molar-refractivity contribution >= 4 is 17.0 Å². The Morgan fingerprint density at radius 2 is 1.89 bits per heavy atom. The minimum atomic E-state index is -0.453. The van der Waals surface area contributed by atoms with Crippen LogP contribution >= 0.6 is 0 Å². The third-order valence-corrected chi connectivity index (χ3v) is 6.06. The van der Waals surface area contributed by atoms with Crippen molar-refractivity contribution in [2.45, 2.75) is 44.7 Å². The van der Waals surface area contributed by atoms with Gasteiger partial charge in [0.2, 0.25) is 0 Å². The Balaban J connectivity index is 1.48. The fraction of sp³-hybridized carbons (Fsp3) is 0.364. The van der Waals surface area contributed by atoms with Gasteiger partial charge in [-0.05, 0) is 41.7 Å². The van der Waals surface area contributed by atoms with Crippen LogP contribution in [0.3, 0.4) is 0 Å². The van der Waals surface area contributed by atoms with E-state index in [4.69, 9.17) is 4.42 Å². The SMILES string of the molecule is O=C1c2ccccc2C(CC2CCCC2)N1Cc1ccc2[nH]c(=O)oc2c1. The van der Waals surface area contributed by atoms with Gasteiger partial charge in [0.15, 0.2) is 5.58 Å². The van der Waals surface area contributed by atoms with E-state index >= 15 is 0 Å².